The minimum Gasteiger partial charge on any atom is -0.462 e. The molecule has 0 saturated carbocycles. The molecular formula is C34H61O10P. The Labute approximate surface area is 271 Å². The number of allylic oxidation sites excluding steroid dienone is 6. The van der Waals surface area contributed by atoms with Gasteiger partial charge < -0.3 is 24.6 Å². The van der Waals surface area contributed by atoms with Crippen LogP contribution in [-0.2, 0) is 32.7 Å². The minimum absolute atomic E-state index is 0.179. The highest BCUT2D eigenvalue weighted by Crippen LogP contribution is 2.43. The van der Waals surface area contributed by atoms with E-state index in [-0.39, 0.29) is 19.4 Å². The molecule has 1 unspecified atom stereocenters. The van der Waals surface area contributed by atoms with Crippen molar-refractivity contribution in [2.24, 2.45) is 0 Å². The van der Waals surface area contributed by atoms with Gasteiger partial charge in [0.25, 0.3) is 0 Å². The zero-order chi connectivity index (χ0) is 33.4. The van der Waals surface area contributed by atoms with Gasteiger partial charge in [-0.2, -0.15) is 0 Å². The van der Waals surface area contributed by atoms with Crippen LogP contribution in [0.3, 0.4) is 0 Å². The van der Waals surface area contributed by atoms with E-state index in [0.717, 1.165) is 70.6 Å². The Morgan fingerprint density at radius 2 is 1.22 bits per heavy atom. The summed E-state index contributed by atoms with van der Waals surface area (Å²) in [6.45, 7) is 2.15. The highest BCUT2D eigenvalue weighted by molar-refractivity contribution is 7.47. The van der Waals surface area contributed by atoms with Gasteiger partial charge in [0.15, 0.2) is 6.10 Å². The van der Waals surface area contributed by atoms with Crippen molar-refractivity contribution in [2.75, 3.05) is 26.4 Å². The molecule has 0 amide bonds. The van der Waals surface area contributed by atoms with Gasteiger partial charge in [-0.3, -0.25) is 18.6 Å². The molecule has 0 rings (SSSR count). The van der Waals surface area contributed by atoms with Crippen LogP contribution in [0, 0.1) is 0 Å². The fraction of sp³-hybridized carbons (Fsp3) is 0.765. The fourth-order valence-electron chi connectivity index (χ4n) is 4.18. The first kappa shape index (κ1) is 43.2. The summed E-state index contributed by atoms with van der Waals surface area (Å²) >= 11 is 0. The van der Waals surface area contributed by atoms with Gasteiger partial charge in [-0.05, 0) is 44.9 Å². The average Bonchev–Trinajstić information content (AvgIpc) is 3.02. The maximum atomic E-state index is 12.4. The van der Waals surface area contributed by atoms with Crippen molar-refractivity contribution in [2.45, 2.75) is 142 Å². The van der Waals surface area contributed by atoms with Crippen molar-refractivity contribution in [3.63, 3.8) is 0 Å². The topological polar surface area (TPSA) is 149 Å². The molecule has 0 aromatic heterocycles. The van der Waals surface area contributed by atoms with E-state index in [1.54, 1.807) is 0 Å². The Balaban J connectivity index is 4.38. The Morgan fingerprint density at radius 3 is 1.84 bits per heavy atom. The first-order valence-electron chi connectivity index (χ1n) is 16.9. The zero-order valence-electron chi connectivity index (χ0n) is 27.8. The number of phosphoric acid groups is 1. The molecule has 262 valence electrons. The van der Waals surface area contributed by atoms with Gasteiger partial charge in [-0.15, -0.1) is 0 Å². The first-order chi connectivity index (χ1) is 21.7. The third-order valence-electron chi connectivity index (χ3n) is 6.81. The molecule has 0 heterocycles. The number of unbranched alkanes of at least 4 members (excludes halogenated alkanes) is 11. The second kappa shape index (κ2) is 30.8. The van der Waals surface area contributed by atoms with E-state index >= 15 is 0 Å². The lowest BCUT2D eigenvalue weighted by Crippen LogP contribution is -2.29. The minimum atomic E-state index is -4.60. The van der Waals surface area contributed by atoms with E-state index in [0.29, 0.717) is 12.8 Å². The summed E-state index contributed by atoms with van der Waals surface area (Å²) in [6, 6.07) is 0. The summed E-state index contributed by atoms with van der Waals surface area (Å²) in [6.07, 6.45) is 27.2. The quantitative estimate of drug-likeness (QED) is 0.0293. The number of carbonyl (C=O) groups is 2. The molecule has 0 radical (unpaired) electrons. The van der Waals surface area contributed by atoms with Gasteiger partial charge in [0, 0.05) is 12.8 Å². The second-order valence-corrected chi connectivity index (χ2v) is 12.6. The van der Waals surface area contributed by atoms with Gasteiger partial charge in [0.05, 0.1) is 19.8 Å². The Kier molecular flexibility index (Phi) is 29.6. The van der Waals surface area contributed by atoms with E-state index in [2.05, 4.69) is 54.8 Å². The monoisotopic (exact) mass is 660 g/mol. The van der Waals surface area contributed by atoms with Gasteiger partial charge in [0.2, 0.25) is 0 Å². The van der Waals surface area contributed by atoms with Crippen molar-refractivity contribution >= 4 is 19.8 Å². The highest BCUT2D eigenvalue weighted by atomic mass is 31.2. The molecule has 0 aromatic carbocycles. The number of hydrogen-bond donors (Lipinski definition) is 3. The molecule has 0 aliphatic rings. The number of ether oxygens (including phenoxy) is 2. The molecule has 3 N–H and O–H groups in total. The van der Waals surface area contributed by atoms with E-state index in [4.69, 9.17) is 19.1 Å². The molecule has 0 bridgehead atoms. The van der Waals surface area contributed by atoms with Crippen molar-refractivity contribution in [1.82, 2.24) is 0 Å². The molecule has 0 fully saturated rings. The van der Waals surface area contributed by atoms with Crippen molar-refractivity contribution in [3.8, 4) is 0 Å². The van der Waals surface area contributed by atoms with Crippen LogP contribution in [0.4, 0.5) is 0 Å². The standard InChI is InChI=1S/C34H61O10P/c1-3-5-7-9-11-12-13-14-15-16-17-18-20-21-23-25-33(37)41-29-32(30-43-45(39,40)42-28-31(36)27-35)44-34(38)26-24-22-19-10-8-6-4-2/h5,7,11-12,14-15,31-32,35-36H,3-4,6,8-10,13,16-30H2,1-2H3,(H,39,40)/b7-5+,12-11+,15-14+/t31-,32+/m1/s1. The Hall–Kier alpha value is -1.81. The molecule has 45 heavy (non-hydrogen) atoms. The third-order valence-corrected chi connectivity index (χ3v) is 7.76. The van der Waals surface area contributed by atoms with Crippen LogP contribution in [0.25, 0.3) is 0 Å². The first-order valence-corrected chi connectivity index (χ1v) is 18.4. The van der Waals surface area contributed by atoms with Gasteiger partial charge in [0.1, 0.15) is 12.7 Å². The fourth-order valence-corrected chi connectivity index (χ4v) is 4.97. The molecule has 11 heteroatoms. The van der Waals surface area contributed by atoms with Crippen LogP contribution in [0.1, 0.15) is 129 Å². The smallest absolute Gasteiger partial charge is 0.462 e. The number of esters is 2. The van der Waals surface area contributed by atoms with E-state index in [1.807, 2.05) is 0 Å². The maximum Gasteiger partial charge on any atom is 0.472 e. The summed E-state index contributed by atoms with van der Waals surface area (Å²) < 4.78 is 32.3. The van der Waals surface area contributed by atoms with E-state index in [1.165, 1.54) is 19.3 Å². The van der Waals surface area contributed by atoms with Crippen LogP contribution >= 0.6 is 7.82 Å². The number of rotatable bonds is 31. The third kappa shape index (κ3) is 30.6. The van der Waals surface area contributed by atoms with E-state index in [9.17, 15) is 24.2 Å². The average molecular weight is 661 g/mol. The van der Waals surface area contributed by atoms with Crippen LogP contribution in [0.5, 0.6) is 0 Å². The predicted molar refractivity (Wildman–Crippen MR) is 178 cm³/mol. The second-order valence-electron chi connectivity index (χ2n) is 11.2. The van der Waals surface area contributed by atoms with Crippen LogP contribution in [0.2, 0.25) is 0 Å². The zero-order valence-corrected chi connectivity index (χ0v) is 28.7. The summed E-state index contributed by atoms with van der Waals surface area (Å²) in [7, 11) is -4.60. The summed E-state index contributed by atoms with van der Waals surface area (Å²) in [5.74, 6) is -0.956. The van der Waals surface area contributed by atoms with E-state index < -0.39 is 51.8 Å². The van der Waals surface area contributed by atoms with Gasteiger partial charge in [-0.25, -0.2) is 4.57 Å². The van der Waals surface area contributed by atoms with Gasteiger partial charge in [-0.1, -0.05) is 108 Å². The number of hydrogen-bond acceptors (Lipinski definition) is 9. The summed E-state index contributed by atoms with van der Waals surface area (Å²) in [5, 5.41) is 18.2. The molecule has 3 atom stereocenters. The Bertz CT molecular complexity index is 858. The maximum absolute atomic E-state index is 12.4. The summed E-state index contributed by atoms with van der Waals surface area (Å²) in [4.78, 5) is 34.5. The number of carbonyl (C=O) groups excluding carboxylic acids is 2. The van der Waals surface area contributed by atoms with Crippen molar-refractivity contribution in [1.29, 1.82) is 0 Å². The highest BCUT2D eigenvalue weighted by Gasteiger charge is 2.27. The molecule has 0 aliphatic heterocycles. The lowest BCUT2D eigenvalue weighted by atomic mass is 10.1. The van der Waals surface area contributed by atoms with Crippen molar-refractivity contribution in [3.05, 3.63) is 36.5 Å². The van der Waals surface area contributed by atoms with Crippen molar-refractivity contribution < 1.29 is 47.8 Å². The SMILES string of the molecule is CC/C=C/C/C=C/C/C=C/CCCCCCCC(=O)OC[C@@H](COP(=O)(O)OC[C@H](O)CO)OC(=O)CCCCCCCCC. The lowest BCUT2D eigenvalue weighted by Gasteiger charge is -2.20. The predicted octanol–water partition coefficient (Wildman–Crippen LogP) is 7.66. The molecule has 0 aliphatic carbocycles. The molecule has 10 nitrogen and oxygen atoms in total. The molecule has 0 spiro atoms. The van der Waals surface area contributed by atoms with Gasteiger partial charge >= 0.3 is 19.8 Å². The molecular weight excluding hydrogens is 599 g/mol. The van der Waals surface area contributed by atoms with Crippen LogP contribution in [-0.4, -0.2) is 65.7 Å². The Morgan fingerprint density at radius 1 is 0.689 bits per heavy atom. The van der Waals surface area contributed by atoms with Crippen LogP contribution < -0.4 is 0 Å². The summed E-state index contributed by atoms with van der Waals surface area (Å²) in [5.41, 5.74) is 0. The number of phosphoric ester groups is 1. The molecule has 0 aromatic rings. The normalized spacial score (nSPS) is 14.7. The van der Waals surface area contributed by atoms with Crippen LogP contribution in [0.15, 0.2) is 36.5 Å². The lowest BCUT2D eigenvalue weighted by molar-refractivity contribution is -0.161. The number of aliphatic hydroxyl groups excluding tert-OH is 2. The molecule has 0 saturated heterocycles. The largest absolute Gasteiger partial charge is 0.472 e. The number of aliphatic hydroxyl groups is 2.